The van der Waals surface area contributed by atoms with Crippen LogP contribution in [0.15, 0.2) is 48.3 Å². The Kier molecular flexibility index (Phi) is 5.89. The molecule has 4 rings (SSSR count). The molecule has 1 amide bonds. The number of hydrogen-bond acceptors (Lipinski definition) is 5. The Balaban J connectivity index is 1.81. The molecule has 2 heterocycles. The van der Waals surface area contributed by atoms with Gasteiger partial charge >= 0.3 is 0 Å². The quantitative estimate of drug-likeness (QED) is 0.716. The minimum atomic E-state index is -0.934. The molecule has 0 saturated carbocycles. The predicted octanol–water partition coefficient (Wildman–Crippen LogP) is 3.95. The molecule has 0 aromatic heterocycles. The fourth-order valence-electron chi connectivity index (χ4n) is 4.77. The first-order chi connectivity index (χ1) is 15.3. The molecular formula is C24H21Cl2N3O3. The van der Waals surface area contributed by atoms with Crippen molar-refractivity contribution >= 4 is 40.5 Å². The van der Waals surface area contributed by atoms with E-state index in [9.17, 15) is 9.59 Å². The summed E-state index contributed by atoms with van der Waals surface area (Å²) in [5, 5.41) is 12.9. The molecule has 0 aliphatic carbocycles. The summed E-state index contributed by atoms with van der Waals surface area (Å²) < 4.78 is 5.74. The average Bonchev–Trinajstić information content (AvgIpc) is 3.18. The Labute approximate surface area is 196 Å². The van der Waals surface area contributed by atoms with Crippen LogP contribution in [0.25, 0.3) is 5.57 Å². The van der Waals surface area contributed by atoms with Crippen LogP contribution < -0.4 is 5.32 Å². The van der Waals surface area contributed by atoms with Gasteiger partial charge in [-0.25, -0.2) is 0 Å². The molecular weight excluding hydrogens is 449 g/mol. The molecule has 6 nitrogen and oxygen atoms in total. The standard InChI is InChI=1S/C24H21Cl2N3O3/c1-14(30)28-20-11-24(10-15-3-5-16(12-27)6-4-15)22(31)21(23(32-2)29(24)13-20)17-7-18(25)9-19(26)8-17/h3-9,20H,10-11,13H2,1-2H3,(H,28,30)/t20-,24+/m0/s1. The highest BCUT2D eigenvalue weighted by Crippen LogP contribution is 2.48. The van der Waals surface area contributed by atoms with E-state index in [1.807, 2.05) is 17.0 Å². The zero-order chi connectivity index (χ0) is 23.0. The molecule has 1 fully saturated rings. The molecule has 2 aliphatic rings. The lowest BCUT2D eigenvalue weighted by Gasteiger charge is -2.32. The molecule has 1 N–H and O–H groups in total. The largest absolute Gasteiger partial charge is 0.482 e. The number of halogens is 2. The summed E-state index contributed by atoms with van der Waals surface area (Å²) in [7, 11) is 1.53. The highest BCUT2D eigenvalue weighted by molar-refractivity contribution is 6.36. The Morgan fingerprint density at radius 3 is 2.47 bits per heavy atom. The van der Waals surface area contributed by atoms with E-state index in [4.69, 9.17) is 33.2 Å². The highest BCUT2D eigenvalue weighted by Gasteiger charge is 2.59. The van der Waals surface area contributed by atoms with Crippen LogP contribution in [0.1, 0.15) is 30.0 Å². The van der Waals surface area contributed by atoms with Gasteiger partial charge in [0.05, 0.1) is 24.3 Å². The van der Waals surface area contributed by atoms with Crippen molar-refractivity contribution in [3.05, 3.63) is 75.1 Å². The zero-order valence-corrected chi connectivity index (χ0v) is 19.1. The summed E-state index contributed by atoms with van der Waals surface area (Å²) >= 11 is 12.4. The second-order valence-electron chi connectivity index (χ2n) is 8.10. The first-order valence-electron chi connectivity index (χ1n) is 10.1. The third-order valence-corrected chi connectivity index (χ3v) is 6.38. The Morgan fingerprint density at radius 1 is 1.25 bits per heavy atom. The number of fused-ring (bicyclic) bond motifs is 1. The predicted molar refractivity (Wildman–Crippen MR) is 122 cm³/mol. The highest BCUT2D eigenvalue weighted by atomic mass is 35.5. The lowest BCUT2D eigenvalue weighted by molar-refractivity contribution is -0.122. The summed E-state index contributed by atoms with van der Waals surface area (Å²) in [6.45, 7) is 1.90. The van der Waals surface area contributed by atoms with Gasteiger partial charge in [0.2, 0.25) is 11.8 Å². The van der Waals surface area contributed by atoms with Gasteiger partial charge < -0.3 is 15.0 Å². The van der Waals surface area contributed by atoms with E-state index in [0.717, 1.165) is 5.56 Å². The van der Waals surface area contributed by atoms with Crippen molar-refractivity contribution in [2.75, 3.05) is 13.7 Å². The molecule has 2 aliphatic heterocycles. The third-order valence-electron chi connectivity index (χ3n) is 5.94. The number of methoxy groups -OCH3 is 1. The van der Waals surface area contributed by atoms with Crippen LogP contribution in [0.5, 0.6) is 0 Å². The van der Waals surface area contributed by atoms with Gasteiger partial charge in [-0.15, -0.1) is 0 Å². The van der Waals surface area contributed by atoms with Gasteiger partial charge in [0, 0.05) is 42.4 Å². The molecule has 0 unspecified atom stereocenters. The second kappa shape index (κ2) is 8.50. The lowest BCUT2D eigenvalue weighted by atomic mass is 9.81. The van der Waals surface area contributed by atoms with Crippen LogP contribution in [0.3, 0.4) is 0 Å². The topological polar surface area (TPSA) is 82.4 Å². The summed E-state index contributed by atoms with van der Waals surface area (Å²) in [5.41, 5.74) is 1.54. The molecule has 1 saturated heterocycles. The summed E-state index contributed by atoms with van der Waals surface area (Å²) in [6.07, 6.45) is 0.828. The minimum Gasteiger partial charge on any atom is -0.482 e. The van der Waals surface area contributed by atoms with Gasteiger partial charge in [0.25, 0.3) is 0 Å². The number of carbonyl (C=O) groups excluding carboxylic acids is 2. The number of ketones is 1. The molecule has 0 bridgehead atoms. The molecule has 32 heavy (non-hydrogen) atoms. The number of nitriles is 1. The normalized spacial score (nSPS) is 22.0. The lowest BCUT2D eigenvalue weighted by Crippen LogP contribution is -2.47. The number of amides is 1. The van der Waals surface area contributed by atoms with Gasteiger partial charge in [-0.05, 0) is 41.5 Å². The van der Waals surface area contributed by atoms with Crippen molar-refractivity contribution in [3.8, 4) is 6.07 Å². The van der Waals surface area contributed by atoms with Crippen LogP contribution in [0.4, 0.5) is 0 Å². The smallest absolute Gasteiger partial charge is 0.217 e. The summed E-state index contributed by atoms with van der Waals surface area (Å²) in [5.74, 6) is 0.182. The number of nitrogens with zero attached hydrogens (tertiary/aromatic N) is 2. The second-order valence-corrected chi connectivity index (χ2v) is 8.97. The maximum atomic E-state index is 14.0. The van der Waals surface area contributed by atoms with Crippen molar-refractivity contribution in [1.29, 1.82) is 5.26 Å². The number of hydrogen-bond donors (Lipinski definition) is 1. The first kappa shape index (κ1) is 22.2. The van der Waals surface area contributed by atoms with E-state index in [1.54, 1.807) is 30.3 Å². The fraction of sp³-hybridized carbons (Fsp3) is 0.292. The van der Waals surface area contributed by atoms with E-state index in [2.05, 4.69) is 11.4 Å². The van der Waals surface area contributed by atoms with Gasteiger partial charge in [0.1, 0.15) is 5.54 Å². The van der Waals surface area contributed by atoms with Crippen molar-refractivity contribution in [2.24, 2.45) is 0 Å². The van der Waals surface area contributed by atoms with Gasteiger partial charge in [0.15, 0.2) is 5.78 Å². The summed E-state index contributed by atoms with van der Waals surface area (Å²) in [4.78, 5) is 27.7. The Hall–Kier alpha value is -3.01. The van der Waals surface area contributed by atoms with Gasteiger partial charge in [-0.1, -0.05) is 35.3 Å². The van der Waals surface area contributed by atoms with Crippen molar-refractivity contribution in [2.45, 2.75) is 31.3 Å². The molecule has 8 heteroatoms. The van der Waals surface area contributed by atoms with Crippen molar-refractivity contribution < 1.29 is 14.3 Å². The minimum absolute atomic E-state index is 0.107. The SMILES string of the molecule is COC1=C(c2cc(Cl)cc(Cl)c2)C(=O)[C@@]2(Cc3ccc(C#N)cc3)C[C@H](NC(C)=O)CN12. The summed E-state index contributed by atoms with van der Waals surface area (Å²) in [6, 6.07) is 14.1. The number of ether oxygens (including phenoxy) is 1. The Bertz CT molecular complexity index is 1150. The van der Waals surface area contributed by atoms with E-state index in [0.29, 0.717) is 52.0 Å². The van der Waals surface area contributed by atoms with E-state index >= 15 is 0 Å². The third kappa shape index (κ3) is 3.83. The number of carbonyl (C=O) groups is 2. The Morgan fingerprint density at radius 2 is 1.91 bits per heavy atom. The number of nitrogens with one attached hydrogen (secondary N) is 1. The van der Waals surface area contributed by atoms with E-state index in [-0.39, 0.29) is 17.7 Å². The van der Waals surface area contributed by atoms with Crippen molar-refractivity contribution in [1.82, 2.24) is 10.2 Å². The van der Waals surface area contributed by atoms with E-state index < -0.39 is 5.54 Å². The van der Waals surface area contributed by atoms with E-state index in [1.165, 1.54) is 14.0 Å². The molecule has 0 spiro atoms. The average molecular weight is 470 g/mol. The van der Waals surface area contributed by atoms with Crippen molar-refractivity contribution in [3.63, 3.8) is 0 Å². The van der Waals surface area contributed by atoms with Crippen LogP contribution >= 0.6 is 23.2 Å². The monoisotopic (exact) mass is 469 g/mol. The number of benzene rings is 2. The maximum absolute atomic E-state index is 14.0. The molecule has 2 atom stereocenters. The maximum Gasteiger partial charge on any atom is 0.217 e. The van der Waals surface area contributed by atoms with Crippen LogP contribution in [0.2, 0.25) is 10.0 Å². The zero-order valence-electron chi connectivity index (χ0n) is 17.6. The molecule has 2 aromatic rings. The number of Topliss-reactive ketones (excluding diaryl/α,β-unsaturated/α-hetero) is 1. The molecule has 2 aromatic carbocycles. The first-order valence-corrected chi connectivity index (χ1v) is 10.9. The van der Waals surface area contributed by atoms with Crippen LogP contribution in [-0.2, 0) is 20.7 Å². The molecule has 0 radical (unpaired) electrons. The van der Waals surface area contributed by atoms with Crippen LogP contribution in [-0.4, -0.2) is 41.8 Å². The van der Waals surface area contributed by atoms with Crippen LogP contribution in [0, 0.1) is 11.3 Å². The number of rotatable bonds is 5. The molecule has 164 valence electrons. The van der Waals surface area contributed by atoms with Gasteiger partial charge in [-0.3, -0.25) is 9.59 Å². The van der Waals surface area contributed by atoms with Gasteiger partial charge in [-0.2, -0.15) is 5.26 Å². The fourth-order valence-corrected chi connectivity index (χ4v) is 5.29.